The molecule has 0 aliphatic carbocycles. The van der Waals surface area contributed by atoms with Crippen molar-refractivity contribution in [1.82, 2.24) is 5.32 Å². The molecule has 2 rings (SSSR count). The first-order valence-electron chi connectivity index (χ1n) is 7.11. The summed E-state index contributed by atoms with van der Waals surface area (Å²) in [5.41, 5.74) is 2.66. The Hall–Kier alpha value is -1.52. The van der Waals surface area contributed by atoms with Crippen LogP contribution in [0.3, 0.4) is 0 Å². The van der Waals surface area contributed by atoms with E-state index in [1.54, 1.807) is 14.2 Å². The second-order valence-electron chi connectivity index (χ2n) is 5.05. The molecule has 0 aliphatic rings. The first kappa shape index (κ1) is 15.9. The largest absolute Gasteiger partial charge is 0.493 e. The maximum atomic E-state index is 5.33. The first-order chi connectivity index (χ1) is 10.1. The maximum absolute atomic E-state index is 5.33. The summed E-state index contributed by atoms with van der Waals surface area (Å²) in [6.07, 6.45) is 0.975. The summed E-state index contributed by atoms with van der Waals surface area (Å²) in [5.74, 6) is 1.57. The van der Waals surface area contributed by atoms with Crippen LogP contribution in [0.15, 0.2) is 24.3 Å². The van der Waals surface area contributed by atoms with Crippen molar-refractivity contribution in [3.63, 3.8) is 0 Å². The van der Waals surface area contributed by atoms with E-state index in [2.05, 4.69) is 31.3 Å². The van der Waals surface area contributed by atoms with Crippen LogP contribution in [0.4, 0.5) is 0 Å². The summed E-state index contributed by atoms with van der Waals surface area (Å²) >= 11 is 1.86. The minimum absolute atomic E-state index is 0.776. The van der Waals surface area contributed by atoms with Gasteiger partial charge in [0.15, 0.2) is 11.5 Å². The van der Waals surface area contributed by atoms with Gasteiger partial charge < -0.3 is 14.8 Å². The molecular formula is C17H23NO2S. The number of hydrogen-bond donors (Lipinski definition) is 1. The molecule has 1 N–H and O–H groups in total. The molecule has 3 nitrogen and oxygen atoms in total. The summed E-state index contributed by atoms with van der Waals surface area (Å²) in [4.78, 5) is 2.79. The molecular weight excluding hydrogens is 282 g/mol. The van der Waals surface area contributed by atoms with Crippen molar-refractivity contribution in [2.24, 2.45) is 0 Å². The third-order valence-electron chi connectivity index (χ3n) is 3.50. The number of aryl methyl sites for hydroxylation is 2. The number of benzene rings is 1. The lowest BCUT2D eigenvalue weighted by molar-refractivity contribution is 0.354. The average molecular weight is 305 g/mol. The van der Waals surface area contributed by atoms with Gasteiger partial charge in [0.05, 0.1) is 14.2 Å². The van der Waals surface area contributed by atoms with Crippen LogP contribution in [0, 0.1) is 13.8 Å². The van der Waals surface area contributed by atoms with Crippen LogP contribution >= 0.6 is 11.3 Å². The van der Waals surface area contributed by atoms with Gasteiger partial charge in [0.1, 0.15) is 0 Å². The Kier molecular flexibility index (Phi) is 5.65. The molecule has 0 spiro atoms. The Morgan fingerprint density at radius 1 is 1.05 bits per heavy atom. The molecule has 114 valence electrons. The van der Waals surface area contributed by atoms with E-state index >= 15 is 0 Å². The van der Waals surface area contributed by atoms with Gasteiger partial charge in [-0.15, -0.1) is 11.3 Å². The summed E-state index contributed by atoms with van der Waals surface area (Å²) in [6, 6.07) is 8.35. The molecule has 0 unspecified atom stereocenters. The van der Waals surface area contributed by atoms with Gasteiger partial charge in [0.25, 0.3) is 0 Å². The van der Waals surface area contributed by atoms with Gasteiger partial charge in [0.2, 0.25) is 0 Å². The van der Waals surface area contributed by atoms with E-state index in [1.165, 1.54) is 20.9 Å². The third kappa shape index (κ3) is 4.22. The van der Waals surface area contributed by atoms with E-state index in [1.807, 2.05) is 23.5 Å². The molecule has 0 saturated carbocycles. The van der Waals surface area contributed by atoms with Crippen LogP contribution in [-0.4, -0.2) is 20.8 Å². The summed E-state index contributed by atoms with van der Waals surface area (Å²) in [7, 11) is 3.33. The lowest BCUT2D eigenvalue weighted by Gasteiger charge is -2.10. The standard InChI is InChI=1S/C17H23NO2S/c1-12-9-15(13(2)21-12)11-18-8-7-14-5-6-16(19-3)17(10-14)20-4/h5-6,9-10,18H,7-8,11H2,1-4H3. The molecule has 0 radical (unpaired) electrons. The van der Waals surface area contributed by atoms with E-state index < -0.39 is 0 Å². The molecule has 21 heavy (non-hydrogen) atoms. The minimum Gasteiger partial charge on any atom is -0.493 e. The van der Waals surface area contributed by atoms with Crippen LogP contribution in [0.2, 0.25) is 0 Å². The lowest BCUT2D eigenvalue weighted by Crippen LogP contribution is -2.16. The fourth-order valence-corrected chi connectivity index (χ4v) is 3.30. The summed E-state index contributed by atoms with van der Waals surface area (Å²) < 4.78 is 10.6. The summed E-state index contributed by atoms with van der Waals surface area (Å²) in [5, 5.41) is 3.51. The van der Waals surface area contributed by atoms with Gasteiger partial charge in [-0.2, -0.15) is 0 Å². The number of hydrogen-bond acceptors (Lipinski definition) is 4. The van der Waals surface area contributed by atoms with Gasteiger partial charge >= 0.3 is 0 Å². The minimum atomic E-state index is 0.776. The second-order valence-corrected chi connectivity index (χ2v) is 6.52. The topological polar surface area (TPSA) is 30.5 Å². The Labute approximate surface area is 130 Å². The quantitative estimate of drug-likeness (QED) is 0.791. The molecule has 2 aromatic rings. The highest BCUT2D eigenvalue weighted by atomic mass is 32.1. The predicted octanol–water partition coefficient (Wildman–Crippen LogP) is 3.71. The van der Waals surface area contributed by atoms with Crippen molar-refractivity contribution in [3.05, 3.63) is 45.1 Å². The van der Waals surface area contributed by atoms with E-state index in [-0.39, 0.29) is 0 Å². The predicted molar refractivity (Wildman–Crippen MR) is 88.7 cm³/mol. The van der Waals surface area contributed by atoms with Crippen molar-refractivity contribution in [2.75, 3.05) is 20.8 Å². The maximum Gasteiger partial charge on any atom is 0.160 e. The number of rotatable bonds is 7. The van der Waals surface area contributed by atoms with Crippen LogP contribution in [0.1, 0.15) is 20.9 Å². The fourth-order valence-electron chi connectivity index (χ4n) is 2.35. The number of thiophene rings is 1. The smallest absolute Gasteiger partial charge is 0.160 e. The van der Waals surface area contributed by atoms with Crippen LogP contribution in [0.5, 0.6) is 11.5 Å². The van der Waals surface area contributed by atoms with Gasteiger partial charge in [0, 0.05) is 16.3 Å². The van der Waals surface area contributed by atoms with Crippen molar-refractivity contribution in [2.45, 2.75) is 26.8 Å². The molecule has 0 amide bonds. The molecule has 0 aliphatic heterocycles. The molecule has 0 atom stereocenters. The van der Waals surface area contributed by atoms with Crippen LogP contribution in [0.25, 0.3) is 0 Å². The zero-order valence-electron chi connectivity index (χ0n) is 13.2. The highest BCUT2D eigenvalue weighted by molar-refractivity contribution is 7.12. The van der Waals surface area contributed by atoms with E-state index in [0.717, 1.165) is 31.0 Å². The highest BCUT2D eigenvalue weighted by Gasteiger charge is 2.05. The molecule has 0 fully saturated rings. The van der Waals surface area contributed by atoms with Crippen molar-refractivity contribution in [1.29, 1.82) is 0 Å². The average Bonchev–Trinajstić information content (AvgIpc) is 2.81. The van der Waals surface area contributed by atoms with Gasteiger partial charge in [-0.1, -0.05) is 6.07 Å². The molecule has 4 heteroatoms. The normalized spacial score (nSPS) is 10.7. The van der Waals surface area contributed by atoms with E-state index in [4.69, 9.17) is 9.47 Å². The fraction of sp³-hybridized carbons (Fsp3) is 0.412. The first-order valence-corrected chi connectivity index (χ1v) is 7.93. The molecule has 1 aromatic heterocycles. The molecule has 1 heterocycles. The zero-order valence-corrected chi connectivity index (χ0v) is 14.0. The van der Waals surface area contributed by atoms with Crippen LogP contribution in [-0.2, 0) is 13.0 Å². The number of nitrogens with one attached hydrogen (secondary N) is 1. The molecule has 1 aromatic carbocycles. The molecule has 0 saturated heterocycles. The zero-order chi connectivity index (χ0) is 15.2. The summed E-state index contributed by atoms with van der Waals surface area (Å²) in [6.45, 7) is 6.22. The third-order valence-corrected chi connectivity index (χ3v) is 4.51. The van der Waals surface area contributed by atoms with E-state index in [0.29, 0.717) is 0 Å². The Balaban J connectivity index is 1.85. The van der Waals surface area contributed by atoms with Crippen molar-refractivity contribution >= 4 is 11.3 Å². The van der Waals surface area contributed by atoms with Crippen LogP contribution < -0.4 is 14.8 Å². The van der Waals surface area contributed by atoms with E-state index in [9.17, 15) is 0 Å². The SMILES string of the molecule is COc1ccc(CCNCc2cc(C)sc2C)cc1OC. The number of methoxy groups -OCH3 is 2. The van der Waals surface area contributed by atoms with Crippen molar-refractivity contribution < 1.29 is 9.47 Å². The number of ether oxygens (including phenoxy) is 2. The Morgan fingerprint density at radius 2 is 1.81 bits per heavy atom. The van der Waals surface area contributed by atoms with Gasteiger partial charge in [-0.25, -0.2) is 0 Å². The highest BCUT2D eigenvalue weighted by Crippen LogP contribution is 2.27. The Bertz CT molecular complexity index is 592. The van der Waals surface area contributed by atoms with Gasteiger partial charge in [-0.05, 0) is 56.1 Å². The monoisotopic (exact) mass is 305 g/mol. The lowest BCUT2D eigenvalue weighted by atomic mass is 10.1. The molecule has 0 bridgehead atoms. The Morgan fingerprint density at radius 3 is 2.43 bits per heavy atom. The van der Waals surface area contributed by atoms with Crippen molar-refractivity contribution in [3.8, 4) is 11.5 Å². The second kappa shape index (κ2) is 7.48. The van der Waals surface area contributed by atoms with Gasteiger partial charge in [-0.3, -0.25) is 0 Å².